The highest BCUT2D eigenvalue weighted by atomic mass is 79.9. The summed E-state index contributed by atoms with van der Waals surface area (Å²) in [6.07, 6.45) is 0.994. The van der Waals surface area contributed by atoms with E-state index >= 15 is 0 Å². The number of ether oxygens (including phenoxy) is 1. The molecule has 0 fully saturated rings. The molecule has 1 aromatic rings. The smallest absolute Gasteiger partial charge is 0.224 e. The number of aromatic hydroxyl groups is 1. The Labute approximate surface area is 115 Å². The predicted molar refractivity (Wildman–Crippen MR) is 74.1 cm³/mol. The average molecular weight is 316 g/mol. The van der Waals surface area contributed by atoms with Gasteiger partial charge in [0, 0.05) is 24.0 Å². The van der Waals surface area contributed by atoms with Gasteiger partial charge in [0.05, 0.1) is 13.0 Å². The van der Waals surface area contributed by atoms with Crippen molar-refractivity contribution in [2.45, 2.75) is 12.8 Å². The number of amides is 1. The van der Waals surface area contributed by atoms with Crippen LogP contribution in [0.5, 0.6) is 5.75 Å². The van der Waals surface area contributed by atoms with E-state index in [-0.39, 0.29) is 18.1 Å². The van der Waals surface area contributed by atoms with Crippen LogP contribution in [0.3, 0.4) is 0 Å². The van der Waals surface area contributed by atoms with Crippen molar-refractivity contribution in [3.8, 4) is 5.75 Å². The summed E-state index contributed by atoms with van der Waals surface area (Å²) in [5.41, 5.74) is 0.644. The number of phenolic OH excluding ortho intramolecular Hbond substituents is 1. The third-order valence-corrected chi connectivity index (χ3v) is 2.68. The summed E-state index contributed by atoms with van der Waals surface area (Å²) < 4.78 is 5.26. The van der Waals surface area contributed by atoms with E-state index in [1.165, 1.54) is 0 Å². The summed E-state index contributed by atoms with van der Waals surface area (Å²) in [6, 6.07) is 6.86. The first-order valence-corrected chi connectivity index (χ1v) is 7.03. The Hall–Kier alpha value is -1.07. The molecule has 0 aliphatic heterocycles. The lowest BCUT2D eigenvalue weighted by Crippen LogP contribution is -2.26. The van der Waals surface area contributed by atoms with Crippen LogP contribution in [0.25, 0.3) is 0 Å². The third kappa shape index (κ3) is 6.02. The fourth-order valence-corrected chi connectivity index (χ4v) is 1.68. The Morgan fingerprint density at radius 2 is 2.11 bits per heavy atom. The van der Waals surface area contributed by atoms with Crippen LogP contribution >= 0.6 is 15.9 Å². The second-order valence-electron chi connectivity index (χ2n) is 3.81. The van der Waals surface area contributed by atoms with Crippen molar-refractivity contribution in [3.63, 3.8) is 0 Å². The number of carbonyl (C=O) groups excluding carboxylic acids is 1. The molecule has 0 aromatic heterocycles. The molecular formula is C13H18BrNO3. The number of halogens is 1. The van der Waals surface area contributed by atoms with Crippen LogP contribution in [0.4, 0.5) is 0 Å². The fourth-order valence-electron chi connectivity index (χ4n) is 1.45. The number of hydrogen-bond acceptors (Lipinski definition) is 3. The van der Waals surface area contributed by atoms with Gasteiger partial charge in [-0.15, -0.1) is 0 Å². The lowest BCUT2D eigenvalue weighted by Gasteiger charge is -2.06. The molecule has 0 atom stereocenters. The number of alkyl halides is 1. The molecule has 1 amide bonds. The second kappa shape index (κ2) is 8.94. The molecule has 0 bridgehead atoms. The summed E-state index contributed by atoms with van der Waals surface area (Å²) in [7, 11) is 0. The van der Waals surface area contributed by atoms with E-state index in [0.29, 0.717) is 25.3 Å². The van der Waals surface area contributed by atoms with Crippen molar-refractivity contribution in [2.75, 3.05) is 25.1 Å². The maximum Gasteiger partial charge on any atom is 0.224 e. The number of nitrogens with one attached hydrogen (secondary N) is 1. The van der Waals surface area contributed by atoms with Crippen LogP contribution in [-0.2, 0) is 16.0 Å². The Morgan fingerprint density at radius 3 is 2.83 bits per heavy atom. The van der Waals surface area contributed by atoms with Gasteiger partial charge >= 0.3 is 0 Å². The molecule has 0 aliphatic carbocycles. The van der Waals surface area contributed by atoms with Gasteiger partial charge in [0.25, 0.3) is 0 Å². The van der Waals surface area contributed by atoms with Crippen LogP contribution in [0.15, 0.2) is 24.3 Å². The zero-order valence-electron chi connectivity index (χ0n) is 10.2. The maximum absolute atomic E-state index is 11.6. The molecule has 1 rings (SSSR count). The minimum Gasteiger partial charge on any atom is -0.508 e. The monoisotopic (exact) mass is 315 g/mol. The number of phenols is 1. The molecule has 100 valence electrons. The molecular weight excluding hydrogens is 298 g/mol. The standard InChI is InChI=1S/C13H18BrNO3/c14-6-9-18-8-3-7-15-13(17)10-11-4-1-2-5-12(11)16/h1-2,4-5,16H,3,6-10H2,(H,15,17). The van der Waals surface area contributed by atoms with Gasteiger partial charge in [0.15, 0.2) is 0 Å². The molecule has 0 saturated heterocycles. The first-order valence-electron chi connectivity index (χ1n) is 5.91. The molecule has 0 aliphatic rings. The predicted octanol–water partition coefficient (Wildman–Crippen LogP) is 1.85. The van der Waals surface area contributed by atoms with Crippen molar-refractivity contribution in [1.82, 2.24) is 5.32 Å². The highest BCUT2D eigenvalue weighted by Crippen LogP contribution is 2.15. The SMILES string of the molecule is O=C(Cc1ccccc1O)NCCCOCCBr. The van der Waals surface area contributed by atoms with Gasteiger partial charge in [0.2, 0.25) is 5.91 Å². The first kappa shape index (κ1) is 15.0. The summed E-state index contributed by atoms with van der Waals surface area (Å²) >= 11 is 3.27. The van der Waals surface area contributed by atoms with Crippen molar-refractivity contribution in [2.24, 2.45) is 0 Å². The van der Waals surface area contributed by atoms with Gasteiger partial charge in [-0.3, -0.25) is 4.79 Å². The van der Waals surface area contributed by atoms with E-state index in [9.17, 15) is 9.90 Å². The summed E-state index contributed by atoms with van der Waals surface area (Å²) in [6.45, 7) is 1.92. The summed E-state index contributed by atoms with van der Waals surface area (Å²) in [5.74, 6) is 0.0743. The molecule has 5 heteroatoms. The van der Waals surface area contributed by atoms with Gasteiger partial charge in [-0.1, -0.05) is 34.1 Å². The highest BCUT2D eigenvalue weighted by Gasteiger charge is 2.05. The van der Waals surface area contributed by atoms with Gasteiger partial charge < -0.3 is 15.2 Å². The van der Waals surface area contributed by atoms with Crippen molar-refractivity contribution in [3.05, 3.63) is 29.8 Å². The van der Waals surface area contributed by atoms with Gasteiger partial charge in [0.1, 0.15) is 5.75 Å². The van der Waals surface area contributed by atoms with Crippen LogP contribution in [0.1, 0.15) is 12.0 Å². The van der Waals surface area contributed by atoms with Gasteiger partial charge in [-0.25, -0.2) is 0 Å². The Balaban J connectivity index is 2.16. The molecule has 4 nitrogen and oxygen atoms in total. The van der Waals surface area contributed by atoms with E-state index in [1.54, 1.807) is 24.3 Å². The highest BCUT2D eigenvalue weighted by molar-refractivity contribution is 9.09. The number of hydrogen-bond donors (Lipinski definition) is 2. The Kier molecular flexibility index (Phi) is 7.44. The number of para-hydroxylation sites is 1. The molecule has 0 saturated carbocycles. The third-order valence-electron chi connectivity index (χ3n) is 2.35. The minimum atomic E-state index is -0.0861. The Bertz CT molecular complexity index is 371. The van der Waals surface area contributed by atoms with Crippen LogP contribution < -0.4 is 5.32 Å². The molecule has 0 heterocycles. The van der Waals surface area contributed by atoms with Gasteiger partial charge in [-0.2, -0.15) is 0 Å². The van der Waals surface area contributed by atoms with E-state index < -0.39 is 0 Å². The fraction of sp³-hybridized carbons (Fsp3) is 0.462. The molecule has 0 unspecified atom stereocenters. The lowest BCUT2D eigenvalue weighted by molar-refractivity contribution is -0.120. The van der Waals surface area contributed by atoms with E-state index in [0.717, 1.165) is 11.8 Å². The average Bonchev–Trinajstić information content (AvgIpc) is 2.36. The minimum absolute atomic E-state index is 0.0861. The van der Waals surface area contributed by atoms with E-state index in [1.807, 2.05) is 0 Å². The van der Waals surface area contributed by atoms with Crippen LogP contribution in [-0.4, -0.2) is 36.1 Å². The maximum atomic E-state index is 11.6. The van der Waals surface area contributed by atoms with Gasteiger partial charge in [-0.05, 0) is 12.5 Å². The normalized spacial score (nSPS) is 10.3. The number of benzene rings is 1. The Morgan fingerprint density at radius 1 is 1.33 bits per heavy atom. The van der Waals surface area contributed by atoms with Crippen LogP contribution in [0.2, 0.25) is 0 Å². The van der Waals surface area contributed by atoms with E-state index in [2.05, 4.69) is 21.2 Å². The van der Waals surface area contributed by atoms with Crippen molar-refractivity contribution >= 4 is 21.8 Å². The first-order chi connectivity index (χ1) is 8.74. The molecule has 1 aromatic carbocycles. The van der Waals surface area contributed by atoms with E-state index in [4.69, 9.17) is 4.74 Å². The number of carbonyl (C=O) groups is 1. The lowest BCUT2D eigenvalue weighted by atomic mass is 10.1. The largest absolute Gasteiger partial charge is 0.508 e. The zero-order valence-corrected chi connectivity index (χ0v) is 11.8. The summed E-state index contributed by atoms with van der Waals surface area (Å²) in [4.78, 5) is 11.6. The molecule has 2 N–H and O–H groups in total. The van der Waals surface area contributed by atoms with Crippen LogP contribution in [0, 0.1) is 0 Å². The quantitative estimate of drug-likeness (QED) is 0.568. The molecule has 0 spiro atoms. The second-order valence-corrected chi connectivity index (χ2v) is 4.60. The summed E-state index contributed by atoms with van der Waals surface area (Å²) in [5, 5.41) is 13.1. The molecule has 0 radical (unpaired) electrons. The van der Waals surface area contributed by atoms with Crippen molar-refractivity contribution < 1.29 is 14.6 Å². The number of rotatable bonds is 8. The zero-order chi connectivity index (χ0) is 13.2. The molecule has 18 heavy (non-hydrogen) atoms. The topological polar surface area (TPSA) is 58.6 Å². The van der Waals surface area contributed by atoms with Crippen molar-refractivity contribution in [1.29, 1.82) is 0 Å².